The fraction of sp³-hybridized carbons (Fsp3) is 0.333. The number of carbonyl (C=O) groups excluding carboxylic acids is 1. The van der Waals surface area contributed by atoms with Crippen LogP contribution in [0.3, 0.4) is 0 Å². The molecule has 0 spiro atoms. The van der Waals surface area contributed by atoms with Crippen LogP contribution in [0.2, 0.25) is 0 Å². The van der Waals surface area contributed by atoms with E-state index in [9.17, 15) is 13.6 Å². The number of ether oxygens (including phenoxy) is 2. The second kappa shape index (κ2) is 7.69. The summed E-state index contributed by atoms with van der Waals surface area (Å²) in [6.45, 7) is 4.34. The molecule has 0 fully saturated rings. The van der Waals surface area contributed by atoms with Crippen molar-refractivity contribution < 1.29 is 23.0 Å². The fourth-order valence-electron chi connectivity index (χ4n) is 3.48. The summed E-state index contributed by atoms with van der Waals surface area (Å²) < 4.78 is 40.3. The molecule has 0 aliphatic carbocycles. The third-order valence-corrected chi connectivity index (χ3v) is 4.89. The van der Waals surface area contributed by atoms with Gasteiger partial charge in [0.15, 0.2) is 23.1 Å². The minimum Gasteiger partial charge on any atom is -0.486 e. The van der Waals surface area contributed by atoms with Gasteiger partial charge in [-0.3, -0.25) is 4.79 Å². The molecule has 1 aliphatic heterocycles. The van der Waals surface area contributed by atoms with Crippen LogP contribution in [0.5, 0.6) is 11.5 Å². The minimum absolute atomic E-state index is 0.107. The Bertz CT molecular complexity index is 1050. The Balaban J connectivity index is 1.50. The third kappa shape index (κ3) is 3.74. The molecule has 4 rings (SSSR count). The number of hydrogen-bond acceptors (Lipinski definition) is 4. The van der Waals surface area contributed by atoms with E-state index >= 15 is 0 Å². The number of amides is 1. The first-order valence-corrected chi connectivity index (χ1v) is 9.42. The van der Waals surface area contributed by atoms with Crippen LogP contribution >= 0.6 is 0 Å². The van der Waals surface area contributed by atoms with Crippen LogP contribution in [-0.4, -0.2) is 34.7 Å². The van der Waals surface area contributed by atoms with Crippen LogP contribution in [-0.2, 0) is 4.79 Å². The number of aromatic nitrogens is 2. The summed E-state index contributed by atoms with van der Waals surface area (Å²) in [5, 5.41) is 2.88. The summed E-state index contributed by atoms with van der Waals surface area (Å²) in [5.41, 5.74) is 0.659. The number of imidazole rings is 1. The van der Waals surface area contributed by atoms with E-state index in [1.54, 1.807) is 4.57 Å². The van der Waals surface area contributed by atoms with E-state index in [1.807, 2.05) is 38.1 Å². The zero-order valence-electron chi connectivity index (χ0n) is 16.1. The van der Waals surface area contributed by atoms with Crippen LogP contribution in [0.1, 0.15) is 19.9 Å². The maximum absolute atomic E-state index is 13.7. The second-order valence-corrected chi connectivity index (χ2v) is 7.34. The lowest BCUT2D eigenvalue weighted by molar-refractivity contribution is -0.126. The molecule has 152 valence electrons. The highest BCUT2D eigenvalue weighted by molar-refractivity contribution is 5.84. The summed E-state index contributed by atoms with van der Waals surface area (Å²) in [6, 6.07) is 8.81. The summed E-state index contributed by atoms with van der Waals surface area (Å²) in [6.07, 6.45) is 1.11. The van der Waals surface area contributed by atoms with Gasteiger partial charge in [0.2, 0.25) is 5.91 Å². The molecule has 8 heteroatoms. The first kappa shape index (κ1) is 19.2. The zero-order chi connectivity index (χ0) is 20.5. The topological polar surface area (TPSA) is 65.4 Å². The number of fused-ring (bicyclic) bond motifs is 2. The SMILES string of the molecule is CC(C)C(C(=O)NCC1COc2ccccc2O1)n1cnc2cc(F)c(F)cc21. The van der Waals surface area contributed by atoms with Gasteiger partial charge in [-0.05, 0) is 18.1 Å². The van der Waals surface area contributed by atoms with Crippen molar-refractivity contribution in [3.05, 3.63) is 54.4 Å². The van der Waals surface area contributed by atoms with E-state index in [4.69, 9.17) is 9.47 Å². The molecular formula is C21H21F2N3O3. The van der Waals surface area contributed by atoms with Gasteiger partial charge in [-0.2, -0.15) is 0 Å². The highest BCUT2D eigenvalue weighted by Crippen LogP contribution is 2.31. The van der Waals surface area contributed by atoms with E-state index in [0.29, 0.717) is 29.1 Å². The number of rotatable bonds is 5. The molecule has 2 aromatic carbocycles. The van der Waals surface area contributed by atoms with Crippen molar-refractivity contribution in [1.82, 2.24) is 14.9 Å². The van der Waals surface area contributed by atoms with Crippen LogP contribution < -0.4 is 14.8 Å². The van der Waals surface area contributed by atoms with Gasteiger partial charge in [0, 0.05) is 12.1 Å². The molecule has 0 saturated heterocycles. The van der Waals surface area contributed by atoms with Gasteiger partial charge in [0.1, 0.15) is 18.8 Å². The van der Waals surface area contributed by atoms with Crippen molar-refractivity contribution in [2.45, 2.75) is 26.0 Å². The lowest BCUT2D eigenvalue weighted by Gasteiger charge is -2.28. The summed E-state index contributed by atoms with van der Waals surface area (Å²) in [5.74, 6) is -1.00. The Morgan fingerprint density at radius 3 is 2.72 bits per heavy atom. The molecule has 2 heterocycles. The third-order valence-electron chi connectivity index (χ3n) is 4.89. The van der Waals surface area contributed by atoms with E-state index in [-0.39, 0.29) is 24.5 Å². The first-order valence-electron chi connectivity index (χ1n) is 9.42. The second-order valence-electron chi connectivity index (χ2n) is 7.34. The molecule has 1 N–H and O–H groups in total. The van der Waals surface area contributed by atoms with Crippen LogP contribution in [0.15, 0.2) is 42.7 Å². The summed E-state index contributed by atoms with van der Waals surface area (Å²) in [7, 11) is 0. The van der Waals surface area contributed by atoms with Crippen molar-refractivity contribution in [3.63, 3.8) is 0 Å². The average molecular weight is 401 g/mol. The van der Waals surface area contributed by atoms with E-state index in [0.717, 1.165) is 12.1 Å². The standard InChI is InChI=1S/C21H21F2N3O3/c1-12(2)20(26-11-25-16-7-14(22)15(23)8-17(16)26)21(27)24-9-13-10-28-18-5-3-4-6-19(18)29-13/h3-8,11-13,20H,9-10H2,1-2H3,(H,24,27). The molecule has 2 unspecified atom stereocenters. The number of para-hydroxylation sites is 2. The molecule has 1 aromatic heterocycles. The maximum Gasteiger partial charge on any atom is 0.243 e. The maximum atomic E-state index is 13.7. The van der Waals surface area contributed by atoms with E-state index < -0.39 is 17.7 Å². The van der Waals surface area contributed by atoms with Crippen molar-refractivity contribution >= 4 is 16.9 Å². The van der Waals surface area contributed by atoms with Gasteiger partial charge in [-0.15, -0.1) is 0 Å². The number of nitrogens with one attached hydrogen (secondary N) is 1. The van der Waals surface area contributed by atoms with Gasteiger partial charge in [0.25, 0.3) is 0 Å². The van der Waals surface area contributed by atoms with Gasteiger partial charge in [0.05, 0.1) is 23.9 Å². The highest BCUT2D eigenvalue weighted by Gasteiger charge is 2.28. The lowest BCUT2D eigenvalue weighted by atomic mass is 10.0. The number of carbonyl (C=O) groups is 1. The Hall–Kier alpha value is -3.16. The molecular weight excluding hydrogens is 380 g/mol. The molecule has 0 bridgehead atoms. The van der Waals surface area contributed by atoms with Crippen molar-refractivity contribution in [1.29, 1.82) is 0 Å². The molecule has 6 nitrogen and oxygen atoms in total. The highest BCUT2D eigenvalue weighted by atomic mass is 19.2. The van der Waals surface area contributed by atoms with Gasteiger partial charge < -0.3 is 19.4 Å². The number of nitrogens with zero attached hydrogens (tertiary/aromatic N) is 2. The summed E-state index contributed by atoms with van der Waals surface area (Å²) in [4.78, 5) is 17.1. The molecule has 2 atom stereocenters. The largest absolute Gasteiger partial charge is 0.486 e. The van der Waals surface area contributed by atoms with Crippen molar-refractivity contribution in [2.24, 2.45) is 5.92 Å². The Labute approximate surface area is 166 Å². The van der Waals surface area contributed by atoms with E-state index in [1.165, 1.54) is 6.33 Å². The van der Waals surface area contributed by atoms with Gasteiger partial charge in [-0.25, -0.2) is 13.8 Å². The molecule has 1 aliphatic rings. The molecule has 3 aromatic rings. The lowest BCUT2D eigenvalue weighted by Crippen LogP contribution is -2.44. The molecule has 29 heavy (non-hydrogen) atoms. The van der Waals surface area contributed by atoms with Crippen LogP contribution in [0, 0.1) is 17.6 Å². The van der Waals surface area contributed by atoms with Gasteiger partial charge in [-0.1, -0.05) is 26.0 Å². The van der Waals surface area contributed by atoms with Crippen LogP contribution in [0.4, 0.5) is 8.78 Å². The van der Waals surface area contributed by atoms with Crippen molar-refractivity contribution in [2.75, 3.05) is 13.2 Å². The molecule has 0 saturated carbocycles. The quantitative estimate of drug-likeness (QED) is 0.711. The number of benzene rings is 2. The Morgan fingerprint density at radius 2 is 1.97 bits per heavy atom. The van der Waals surface area contributed by atoms with Crippen LogP contribution in [0.25, 0.3) is 11.0 Å². The average Bonchev–Trinajstić information content (AvgIpc) is 3.08. The predicted octanol–water partition coefficient (Wildman–Crippen LogP) is 3.47. The Morgan fingerprint density at radius 1 is 1.24 bits per heavy atom. The van der Waals surface area contributed by atoms with E-state index in [2.05, 4.69) is 10.3 Å². The number of hydrogen-bond donors (Lipinski definition) is 1. The smallest absolute Gasteiger partial charge is 0.243 e. The van der Waals surface area contributed by atoms with Gasteiger partial charge >= 0.3 is 0 Å². The van der Waals surface area contributed by atoms with Crippen molar-refractivity contribution in [3.8, 4) is 11.5 Å². The summed E-state index contributed by atoms with van der Waals surface area (Å²) >= 11 is 0. The first-order chi connectivity index (χ1) is 13.9. The normalized spacial score (nSPS) is 16.8. The predicted molar refractivity (Wildman–Crippen MR) is 103 cm³/mol. The minimum atomic E-state index is -0.978. The number of halogens is 2. The monoisotopic (exact) mass is 401 g/mol. The fourth-order valence-corrected chi connectivity index (χ4v) is 3.48. The Kier molecular flexibility index (Phi) is 5.08. The molecule has 1 amide bonds. The molecule has 0 radical (unpaired) electrons. The zero-order valence-corrected chi connectivity index (χ0v) is 16.1.